The van der Waals surface area contributed by atoms with Crippen molar-refractivity contribution in [2.45, 2.75) is 64.6 Å². The summed E-state index contributed by atoms with van der Waals surface area (Å²) in [7, 11) is 1.38. The van der Waals surface area contributed by atoms with Crippen LogP contribution in [-0.4, -0.2) is 35.2 Å². The maximum atomic E-state index is 12.8. The maximum absolute atomic E-state index is 12.8. The van der Waals surface area contributed by atoms with E-state index in [4.69, 9.17) is 9.47 Å². The van der Waals surface area contributed by atoms with Crippen LogP contribution in [0, 0.1) is 11.8 Å². The van der Waals surface area contributed by atoms with Gasteiger partial charge >= 0.3 is 11.9 Å². The van der Waals surface area contributed by atoms with E-state index < -0.39 is 17.1 Å². The average molecular weight is 368 g/mol. The fourth-order valence-corrected chi connectivity index (χ4v) is 4.18. The minimum Gasteiger partial charge on any atom is -0.468 e. The van der Waals surface area contributed by atoms with Gasteiger partial charge in [-0.1, -0.05) is 13.8 Å². The molecule has 0 aromatic carbocycles. The molecule has 1 aliphatic rings. The molecule has 3 atom stereocenters. The first-order valence-corrected chi connectivity index (χ1v) is 9.44. The lowest BCUT2D eigenvalue weighted by atomic mass is 9.84. The number of aromatic nitrogens is 1. The smallest absolute Gasteiger partial charge is 0.326 e. The van der Waals surface area contributed by atoms with E-state index in [2.05, 4.69) is 10.3 Å². The summed E-state index contributed by atoms with van der Waals surface area (Å²) in [6.45, 7) is 9.62. The molecule has 2 heterocycles. The summed E-state index contributed by atoms with van der Waals surface area (Å²) < 4.78 is 10.7. The Labute approximate surface area is 153 Å². The monoisotopic (exact) mass is 368 g/mol. The van der Waals surface area contributed by atoms with Gasteiger partial charge in [0.05, 0.1) is 19.1 Å². The molecule has 6 nitrogen and oxygen atoms in total. The third kappa shape index (κ3) is 4.58. The molecule has 1 aromatic heterocycles. The second-order valence-corrected chi connectivity index (χ2v) is 8.93. The summed E-state index contributed by atoms with van der Waals surface area (Å²) in [4.78, 5) is 29.8. The summed E-state index contributed by atoms with van der Waals surface area (Å²) in [5.41, 5.74) is -1.49. The Bertz CT molecular complexity index is 609. The van der Waals surface area contributed by atoms with Crippen LogP contribution in [0.1, 0.15) is 58.5 Å². The Morgan fingerprint density at radius 3 is 2.60 bits per heavy atom. The van der Waals surface area contributed by atoms with E-state index in [1.807, 2.05) is 40.0 Å². The van der Waals surface area contributed by atoms with E-state index in [1.54, 1.807) is 6.20 Å². The largest absolute Gasteiger partial charge is 0.468 e. The molecule has 25 heavy (non-hydrogen) atoms. The average Bonchev–Trinajstić information content (AvgIpc) is 3.11. The van der Waals surface area contributed by atoms with Crippen molar-refractivity contribution >= 4 is 23.3 Å². The summed E-state index contributed by atoms with van der Waals surface area (Å²) in [6.07, 6.45) is 2.63. The first-order valence-electron chi connectivity index (χ1n) is 8.56. The fourth-order valence-electron chi connectivity index (χ4n) is 3.43. The fraction of sp³-hybridized carbons (Fsp3) is 0.722. The number of thiazole rings is 1. The van der Waals surface area contributed by atoms with Crippen LogP contribution in [0.2, 0.25) is 0 Å². The van der Waals surface area contributed by atoms with Crippen molar-refractivity contribution in [2.75, 3.05) is 7.11 Å². The van der Waals surface area contributed by atoms with Gasteiger partial charge in [-0.3, -0.25) is 14.9 Å². The molecule has 0 saturated carbocycles. The van der Waals surface area contributed by atoms with Crippen LogP contribution in [-0.2, 0) is 19.1 Å². The predicted molar refractivity (Wildman–Crippen MR) is 96.1 cm³/mol. The van der Waals surface area contributed by atoms with Gasteiger partial charge in [-0.15, -0.1) is 11.3 Å². The summed E-state index contributed by atoms with van der Waals surface area (Å²) in [6, 6.07) is -0.354. The lowest BCUT2D eigenvalue weighted by Crippen LogP contribution is -2.49. The molecule has 0 radical (unpaired) electrons. The number of hydrogen-bond acceptors (Lipinski definition) is 7. The van der Waals surface area contributed by atoms with Crippen molar-refractivity contribution in [1.82, 2.24) is 10.3 Å². The normalized spacial score (nSPS) is 26.7. The van der Waals surface area contributed by atoms with Crippen molar-refractivity contribution < 1.29 is 19.1 Å². The van der Waals surface area contributed by atoms with Gasteiger partial charge in [0, 0.05) is 11.6 Å². The second kappa shape index (κ2) is 7.41. The molecule has 0 aliphatic carbocycles. The zero-order valence-corrected chi connectivity index (χ0v) is 16.6. The van der Waals surface area contributed by atoms with E-state index in [0.29, 0.717) is 12.8 Å². The number of rotatable bonds is 5. The quantitative estimate of drug-likeness (QED) is 0.805. The number of hydrogen-bond donors (Lipinski definition) is 1. The molecule has 140 valence electrons. The molecule has 1 fully saturated rings. The molecule has 1 aliphatic heterocycles. The number of carbonyl (C=O) groups is 2. The highest BCUT2D eigenvalue weighted by Crippen LogP contribution is 2.43. The summed E-state index contributed by atoms with van der Waals surface area (Å²) >= 11 is 1.46. The molecule has 7 heteroatoms. The zero-order chi connectivity index (χ0) is 18.8. The van der Waals surface area contributed by atoms with Crippen molar-refractivity contribution in [3.05, 3.63) is 16.6 Å². The molecule has 2 rings (SSSR count). The number of esters is 2. The Balaban J connectivity index is 2.38. The van der Waals surface area contributed by atoms with Crippen LogP contribution in [0.4, 0.5) is 0 Å². The van der Waals surface area contributed by atoms with Gasteiger partial charge in [-0.05, 0) is 39.5 Å². The minimum atomic E-state index is -0.902. The van der Waals surface area contributed by atoms with Crippen LogP contribution in [0.15, 0.2) is 11.6 Å². The van der Waals surface area contributed by atoms with Gasteiger partial charge in [-0.2, -0.15) is 0 Å². The van der Waals surface area contributed by atoms with Crippen molar-refractivity contribution in [2.24, 2.45) is 11.8 Å². The second-order valence-electron chi connectivity index (χ2n) is 8.01. The van der Waals surface area contributed by atoms with Gasteiger partial charge in [-0.25, -0.2) is 4.98 Å². The van der Waals surface area contributed by atoms with Crippen molar-refractivity contribution in [1.29, 1.82) is 0 Å². The molecule has 0 spiro atoms. The Kier molecular flexibility index (Phi) is 5.89. The topological polar surface area (TPSA) is 77.5 Å². The highest BCUT2D eigenvalue weighted by atomic mass is 32.1. The molecule has 1 aromatic rings. The standard InChI is InChI=1S/C18H28N2O4S/c1-11(2)9-18(16(22)23-6)10-12(15(21)24-17(3,4)5)13(20-18)14-19-7-8-25-14/h7-8,11-13,20H,9-10H2,1-6H3/t12-,13-,18+/m1/s1. The van der Waals surface area contributed by atoms with Crippen molar-refractivity contribution in [3.8, 4) is 0 Å². The molecule has 1 N–H and O–H groups in total. The number of ether oxygens (including phenoxy) is 2. The van der Waals surface area contributed by atoms with E-state index >= 15 is 0 Å². The third-order valence-corrected chi connectivity index (χ3v) is 5.02. The van der Waals surface area contributed by atoms with Crippen LogP contribution in [0.3, 0.4) is 0 Å². The minimum absolute atomic E-state index is 0.265. The van der Waals surface area contributed by atoms with Crippen molar-refractivity contribution in [3.63, 3.8) is 0 Å². The van der Waals surface area contributed by atoms with Gasteiger partial charge in [0.1, 0.15) is 16.1 Å². The van der Waals surface area contributed by atoms with Gasteiger partial charge in [0.15, 0.2) is 0 Å². The highest BCUT2D eigenvalue weighted by molar-refractivity contribution is 7.09. The molecule has 0 bridgehead atoms. The van der Waals surface area contributed by atoms with E-state index in [-0.39, 0.29) is 23.9 Å². The number of nitrogens with zero attached hydrogens (tertiary/aromatic N) is 1. The third-order valence-electron chi connectivity index (χ3n) is 4.16. The summed E-state index contributed by atoms with van der Waals surface area (Å²) in [5, 5.41) is 6.03. The Hall–Kier alpha value is -1.47. The van der Waals surface area contributed by atoms with Crippen LogP contribution >= 0.6 is 11.3 Å². The Morgan fingerprint density at radius 1 is 1.44 bits per heavy atom. The predicted octanol–water partition coefficient (Wildman–Crippen LogP) is 3.09. The molecule has 0 unspecified atom stereocenters. The zero-order valence-electron chi connectivity index (χ0n) is 15.8. The van der Waals surface area contributed by atoms with Crippen LogP contribution in [0.5, 0.6) is 0 Å². The Morgan fingerprint density at radius 2 is 2.12 bits per heavy atom. The van der Waals surface area contributed by atoms with Gasteiger partial charge < -0.3 is 9.47 Å². The lowest BCUT2D eigenvalue weighted by Gasteiger charge is -2.29. The van der Waals surface area contributed by atoms with E-state index in [0.717, 1.165) is 5.01 Å². The van der Waals surface area contributed by atoms with E-state index in [1.165, 1.54) is 18.4 Å². The van der Waals surface area contributed by atoms with Gasteiger partial charge in [0.2, 0.25) is 0 Å². The number of methoxy groups -OCH3 is 1. The number of nitrogens with one attached hydrogen (secondary N) is 1. The number of carbonyl (C=O) groups excluding carboxylic acids is 2. The molecule has 0 amide bonds. The molecular formula is C18H28N2O4S. The molecule has 1 saturated heterocycles. The van der Waals surface area contributed by atoms with Crippen LogP contribution in [0.25, 0.3) is 0 Å². The van der Waals surface area contributed by atoms with Crippen LogP contribution < -0.4 is 5.32 Å². The first-order chi connectivity index (χ1) is 11.6. The SMILES string of the molecule is COC(=O)[C@]1(CC(C)C)C[C@@H](C(=O)OC(C)(C)C)[C@H](c2nccs2)N1. The summed E-state index contributed by atoms with van der Waals surface area (Å²) in [5.74, 6) is -0.868. The van der Waals surface area contributed by atoms with Gasteiger partial charge in [0.25, 0.3) is 0 Å². The lowest BCUT2D eigenvalue weighted by molar-refractivity contribution is -0.160. The highest BCUT2D eigenvalue weighted by Gasteiger charge is 2.55. The molecular weight excluding hydrogens is 340 g/mol. The van der Waals surface area contributed by atoms with E-state index in [9.17, 15) is 9.59 Å². The maximum Gasteiger partial charge on any atom is 0.326 e. The first kappa shape index (κ1) is 19.8.